The molecule has 1 aromatic carbocycles. The molecular formula is C19H20N4O3S2. The Bertz CT molecular complexity index is 1030. The number of carbonyl (C=O) groups is 2. The van der Waals surface area contributed by atoms with Crippen molar-refractivity contribution in [3.05, 3.63) is 34.3 Å². The molecule has 1 N–H and O–H groups in total. The number of ether oxygens (including phenoxy) is 1. The summed E-state index contributed by atoms with van der Waals surface area (Å²) in [4.78, 5) is 35.5. The van der Waals surface area contributed by atoms with Crippen LogP contribution in [0.15, 0.2) is 23.6 Å². The van der Waals surface area contributed by atoms with Crippen LogP contribution in [0.25, 0.3) is 10.2 Å². The zero-order valence-electron chi connectivity index (χ0n) is 15.6. The maximum absolute atomic E-state index is 12.5. The molecule has 1 atom stereocenters. The van der Waals surface area contributed by atoms with E-state index in [1.165, 1.54) is 11.3 Å². The summed E-state index contributed by atoms with van der Waals surface area (Å²) in [6, 6.07) is 5.69. The third kappa shape index (κ3) is 3.85. The Morgan fingerprint density at radius 2 is 2.25 bits per heavy atom. The molecule has 0 saturated carbocycles. The molecular weight excluding hydrogens is 396 g/mol. The minimum absolute atomic E-state index is 0.0752. The Labute approximate surface area is 170 Å². The lowest BCUT2D eigenvalue weighted by Gasteiger charge is -2.12. The summed E-state index contributed by atoms with van der Waals surface area (Å²) in [7, 11) is 0. The molecule has 1 saturated heterocycles. The number of benzene rings is 1. The molecule has 2 amide bonds. The number of rotatable bonds is 6. The quantitative estimate of drug-likeness (QED) is 0.667. The van der Waals surface area contributed by atoms with Gasteiger partial charge in [0, 0.05) is 18.3 Å². The van der Waals surface area contributed by atoms with Crippen LogP contribution in [-0.4, -0.2) is 34.9 Å². The fourth-order valence-electron chi connectivity index (χ4n) is 3.14. The number of carbonyl (C=O) groups excluding carboxylic acids is 2. The SMILES string of the molecule is CCOc1ccc2nc(N3CC(C(=O)NCc4csc(C)n4)CC3=O)sc2c1. The summed E-state index contributed by atoms with van der Waals surface area (Å²) in [5, 5.41) is 6.41. The average molecular weight is 417 g/mol. The van der Waals surface area contributed by atoms with E-state index in [1.807, 2.05) is 37.4 Å². The standard InChI is InChI=1S/C19H20N4O3S2/c1-3-26-14-4-5-15-16(7-14)28-19(22-15)23-9-12(6-17(23)24)18(25)20-8-13-10-27-11(2)21-13/h4-5,7,10,12H,3,6,8-9H2,1-2H3,(H,20,25). The van der Waals surface area contributed by atoms with Crippen LogP contribution in [0.2, 0.25) is 0 Å². The topological polar surface area (TPSA) is 84.4 Å². The van der Waals surface area contributed by atoms with Gasteiger partial charge in [0.25, 0.3) is 0 Å². The highest BCUT2D eigenvalue weighted by molar-refractivity contribution is 7.22. The minimum atomic E-state index is -0.377. The normalized spacial score (nSPS) is 16.7. The summed E-state index contributed by atoms with van der Waals surface area (Å²) < 4.78 is 6.48. The molecule has 1 unspecified atom stereocenters. The van der Waals surface area contributed by atoms with Crippen molar-refractivity contribution in [2.24, 2.45) is 5.92 Å². The molecule has 7 nitrogen and oxygen atoms in total. The minimum Gasteiger partial charge on any atom is -0.494 e. The second-order valence-corrected chi connectivity index (χ2v) is 8.61. The van der Waals surface area contributed by atoms with Crippen molar-refractivity contribution in [3.63, 3.8) is 0 Å². The van der Waals surface area contributed by atoms with E-state index in [2.05, 4.69) is 15.3 Å². The van der Waals surface area contributed by atoms with Crippen molar-refractivity contribution in [1.29, 1.82) is 0 Å². The molecule has 4 rings (SSSR count). The Balaban J connectivity index is 1.43. The van der Waals surface area contributed by atoms with Crippen LogP contribution in [-0.2, 0) is 16.1 Å². The van der Waals surface area contributed by atoms with Crippen molar-refractivity contribution in [2.75, 3.05) is 18.1 Å². The van der Waals surface area contributed by atoms with Crippen LogP contribution in [0.1, 0.15) is 24.0 Å². The van der Waals surface area contributed by atoms with Gasteiger partial charge in [0.15, 0.2) is 5.13 Å². The molecule has 3 heterocycles. The first-order chi connectivity index (χ1) is 13.5. The summed E-state index contributed by atoms with van der Waals surface area (Å²) in [5.74, 6) is 0.209. The molecule has 3 aromatic rings. The maximum Gasteiger partial charge on any atom is 0.229 e. The predicted octanol–water partition coefficient (Wildman–Crippen LogP) is 3.13. The van der Waals surface area contributed by atoms with Gasteiger partial charge in [-0.15, -0.1) is 11.3 Å². The van der Waals surface area contributed by atoms with Gasteiger partial charge in [-0.05, 0) is 32.0 Å². The monoisotopic (exact) mass is 416 g/mol. The first kappa shape index (κ1) is 18.8. The maximum atomic E-state index is 12.5. The van der Waals surface area contributed by atoms with Crippen LogP contribution >= 0.6 is 22.7 Å². The molecule has 0 radical (unpaired) electrons. The van der Waals surface area contributed by atoms with E-state index in [0.29, 0.717) is 24.8 Å². The number of nitrogens with zero attached hydrogens (tertiary/aromatic N) is 3. The summed E-state index contributed by atoms with van der Waals surface area (Å²) in [6.45, 7) is 5.19. The molecule has 9 heteroatoms. The number of anilines is 1. The van der Waals surface area contributed by atoms with Gasteiger partial charge in [0.1, 0.15) is 5.75 Å². The fraction of sp³-hybridized carbons (Fsp3) is 0.368. The van der Waals surface area contributed by atoms with Crippen LogP contribution < -0.4 is 15.0 Å². The molecule has 0 aliphatic carbocycles. The molecule has 28 heavy (non-hydrogen) atoms. The predicted molar refractivity (Wildman–Crippen MR) is 110 cm³/mol. The van der Waals surface area contributed by atoms with Crippen LogP contribution in [0.5, 0.6) is 5.75 Å². The Kier molecular flexibility index (Phi) is 5.27. The molecule has 1 fully saturated rings. The molecule has 146 valence electrons. The Morgan fingerprint density at radius 3 is 3.00 bits per heavy atom. The number of hydrogen-bond acceptors (Lipinski definition) is 7. The van der Waals surface area contributed by atoms with E-state index >= 15 is 0 Å². The Hall–Kier alpha value is -2.52. The number of thiazole rings is 2. The lowest BCUT2D eigenvalue weighted by Crippen LogP contribution is -2.32. The van der Waals surface area contributed by atoms with Crippen LogP contribution in [0, 0.1) is 12.8 Å². The molecule has 0 bridgehead atoms. The van der Waals surface area contributed by atoms with E-state index in [0.717, 1.165) is 26.7 Å². The zero-order valence-corrected chi connectivity index (χ0v) is 17.2. The van der Waals surface area contributed by atoms with E-state index < -0.39 is 0 Å². The second-order valence-electron chi connectivity index (χ2n) is 6.54. The second kappa shape index (κ2) is 7.84. The van der Waals surface area contributed by atoms with Gasteiger partial charge < -0.3 is 10.1 Å². The summed E-state index contributed by atoms with van der Waals surface area (Å²) >= 11 is 2.99. The van der Waals surface area contributed by atoms with Gasteiger partial charge in [-0.25, -0.2) is 9.97 Å². The van der Waals surface area contributed by atoms with E-state index in [4.69, 9.17) is 4.74 Å². The van der Waals surface area contributed by atoms with Crippen molar-refractivity contribution in [2.45, 2.75) is 26.8 Å². The molecule has 1 aliphatic rings. The number of amides is 2. The number of fused-ring (bicyclic) bond motifs is 1. The van der Waals surface area contributed by atoms with Gasteiger partial charge in [-0.1, -0.05) is 11.3 Å². The summed E-state index contributed by atoms with van der Waals surface area (Å²) in [6.07, 6.45) is 0.196. The third-order valence-corrected chi connectivity index (χ3v) is 6.36. The van der Waals surface area contributed by atoms with E-state index in [9.17, 15) is 9.59 Å². The lowest BCUT2D eigenvalue weighted by atomic mass is 10.1. The van der Waals surface area contributed by atoms with Crippen molar-refractivity contribution in [3.8, 4) is 5.75 Å². The first-order valence-corrected chi connectivity index (χ1v) is 10.8. The average Bonchev–Trinajstić information content (AvgIpc) is 3.37. The van der Waals surface area contributed by atoms with Gasteiger partial charge in [-0.2, -0.15) is 0 Å². The highest BCUT2D eigenvalue weighted by Gasteiger charge is 2.36. The van der Waals surface area contributed by atoms with Crippen molar-refractivity contribution < 1.29 is 14.3 Å². The van der Waals surface area contributed by atoms with Crippen molar-refractivity contribution in [1.82, 2.24) is 15.3 Å². The number of aromatic nitrogens is 2. The molecule has 0 spiro atoms. The number of nitrogens with one attached hydrogen (secondary N) is 1. The van der Waals surface area contributed by atoms with Crippen LogP contribution in [0.3, 0.4) is 0 Å². The zero-order chi connectivity index (χ0) is 19.7. The van der Waals surface area contributed by atoms with Gasteiger partial charge in [-0.3, -0.25) is 14.5 Å². The molecule has 1 aliphatic heterocycles. The van der Waals surface area contributed by atoms with Gasteiger partial charge >= 0.3 is 0 Å². The highest BCUT2D eigenvalue weighted by Crippen LogP contribution is 2.34. The highest BCUT2D eigenvalue weighted by atomic mass is 32.1. The lowest BCUT2D eigenvalue weighted by molar-refractivity contribution is -0.126. The first-order valence-electron chi connectivity index (χ1n) is 9.06. The van der Waals surface area contributed by atoms with E-state index in [-0.39, 0.29) is 24.2 Å². The smallest absolute Gasteiger partial charge is 0.229 e. The molecule has 2 aromatic heterocycles. The third-order valence-electron chi connectivity index (χ3n) is 4.50. The Morgan fingerprint density at radius 1 is 1.39 bits per heavy atom. The summed E-state index contributed by atoms with van der Waals surface area (Å²) in [5.41, 5.74) is 1.66. The fourth-order valence-corrected chi connectivity index (χ4v) is 4.78. The van der Waals surface area contributed by atoms with Gasteiger partial charge in [0.05, 0.1) is 40.0 Å². The largest absolute Gasteiger partial charge is 0.494 e. The van der Waals surface area contributed by atoms with Crippen molar-refractivity contribution >= 4 is 49.8 Å². The van der Waals surface area contributed by atoms with E-state index in [1.54, 1.807) is 16.2 Å². The van der Waals surface area contributed by atoms with Crippen LogP contribution in [0.4, 0.5) is 5.13 Å². The number of aryl methyl sites for hydroxylation is 1. The van der Waals surface area contributed by atoms with Gasteiger partial charge in [0.2, 0.25) is 11.8 Å². The number of hydrogen-bond donors (Lipinski definition) is 1.